The minimum atomic E-state index is 0.167. The summed E-state index contributed by atoms with van der Waals surface area (Å²) in [6.45, 7) is 9.14. The number of morpholine rings is 1. The Labute approximate surface area is 86.6 Å². The van der Waals surface area contributed by atoms with Gasteiger partial charge in [0.15, 0.2) is 0 Å². The van der Waals surface area contributed by atoms with Crippen molar-refractivity contribution in [2.75, 3.05) is 13.2 Å². The van der Waals surface area contributed by atoms with Gasteiger partial charge in [-0.15, -0.1) is 0 Å². The standard InChI is InChI=1S/C12H21NO/c1-11(2,3)12-6-10(7-14-12)13(8-12)9-4-5-9/h9-10H,4-8H2,1-3H3/t10-,12-/m0/s1. The molecule has 0 aromatic carbocycles. The molecule has 3 rings (SSSR count). The van der Waals surface area contributed by atoms with Crippen LogP contribution in [0.3, 0.4) is 0 Å². The summed E-state index contributed by atoms with van der Waals surface area (Å²) in [5.41, 5.74) is 0.464. The molecule has 0 amide bonds. The molecule has 0 unspecified atom stereocenters. The van der Waals surface area contributed by atoms with E-state index in [1.165, 1.54) is 25.8 Å². The summed E-state index contributed by atoms with van der Waals surface area (Å²) in [6.07, 6.45) is 4.13. The van der Waals surface area contributed by atoms with Crippen molar-refractivity contribution in [1.29, 1.82) is 0 Å². The lowest BCUT2D eigenvalue weighted by molar-refractivity contribution is -0.108. The summed E-state index contributed by atoms with van der Waals surface area (Å²) in [5.74, 6) is 0. The molecule has 2 nitrogen and oxygen atoms in total. The van der Waals surface area contributed by atoms with Gasteiger partial charge in [0.1, 0.15) is 0 Å². The van der Waals surface area contributed by atoms with Crippen LogP contribution in [-0.2, 0) is 4.74 Å². The van der Waals surface area contributed by atoms with Crippen LogP contribution in [0.2, 0.25) is 0 Å². The average Bonchev–Trinajstić information content (AvgIpc) is 2.75. The first-order valence-corrected chi connectivity index (χ1v) is 5.92. The minimum absolute atomic E-state index is 0.167. The van der Waals surface area contributed by atoms with Crippen molar-refractivity contribution in [3.05, 3.63) is 0 Å². The summed E-state index contributed by atoms with van der Waals surface area (Å²) in [7, 11) is 0. The van der Waals surface area contributed by atoms with Crippen molar-refractivity contribution in [1.82, 2.24) is 4.90 Å². The molecule has 3 aliphatic rings. The molecule has 3 fully saturated rings. The van der Waals surface area contributed by atoms with Gasteiger partial charge in [-0.25, -0.2) is 0 Å². The van der Waals surface area contributed by atoms with Crippen molar-refractivity contribution >= 4 is 0 Å². The fourth-order valence-corrected chi connectivity index (χ4v) is 3.09. The molecule has 0 aromatic heterocycles. The smallest absolute Gasteiger partial charge is 0.0873 e. The Kier molecular flexibility index (Phi) is 1.66. The normalized spacial score (nSPS) is 43.5. The van der Waals surface area contributed by atoms with Crippen molar-refractivity contribution in [2.24, 2.45) is 5.41 Å². The van der Waals surface area contributed by atoms with Gasteiger partial charge in [-0.2, -0.15) is 0 Å². The molecule has 2 heteroatoms. The second-order valence-corrected chi connectivity index (χ2v) is 6.32. The lowest BCUT2D eigenvalue weighted by Crippen LogP contribution is -2.50. The first-order valence-electron chi connectivity index (χ1n) is 5.92. The third-order valence-electron chi connectivity index (χ3n) is 4.41. The van der Waals surface area contributed by atoms with Gasteiger partial charge in [0.2, 0.25) is 0 Å². The molecule has 1 saturated carbocycles. The monoisotopic (exact) mass is 195 g/mol. The van der Waals surface area contributed by atoms with Gasteiger partial charge in [0.05, 0.1) is 12.2 Å². The zero-order valence-corrected chi connectivity index (χ0v) is 9.55. The third-order valence-corrected chi connectivity index (χ3v) is 4.41. The van der Waals surface area contributed by atoms with E-state index < -0.39 is 0 Å². The van der Waals surface area contributed by atoms with Crippen molar-refractivity contribution in [3.8, 4) is 0 Å². The Morgan fingerprint density at radius 2 is 1.93 bits per heavy atom. The van der Waals surface area contributed by atoms with E-state index in [1.54, 1.807) is 0 Å². The lowest BCUT2D eigenvalue weighted by atomic mass is 9.76. The maximum Gasteiger partial charge on any atom is 0.0873 e. The van der Waals surface area contributed by atoms with Crippen LogP contribution in [0.1, 0.15) is 40.0 Å². The van der Waals surface area contributed by atoms with Crippen LogP contribution in [0, 0.1) is 5.41 Å². The Morgan fingerprint density at radius 1 is 1.21 bits per heavy atom. The second-order valence-electron chi connectivity index (χ2n) is 6.32. The molecule has 0 radical (unpaired) electrons. The number of ether oxygens (including phenoxy) is 1. The van der Waals surface area contributed by atoms with Gasteiger partial charge in [0, 0.05) is 18.6 Å². The SMILES string of the molecule is CC(C)(C)[C@@]12C[C@@H](CO1)N(C1CC1)C2. The Hall–Kier alpha value is -0.0800. The molecule has 2 atom stereocenters. The topological polar surface area (TPSA) is 12.5 Å². The zero-order valence-electron chi connectivity index (χ0n) is 9.55. The van der Waals surface area contributed by atoms with Crippen molar-refractivity contribution in [3.63, 3.8) is 0 Å². The molecule has 0 aromatic rings. The van der Waals surface area contributed by atoms with E-state index in [0.717, 1.165) is 18.7 Å². The Morgan fingerprint density at radius 3 is 2.43 bits per heavy atom. The molecule has 0 spiro atoms. The molecule has 0 N–H and O–H groups in total. The molecule has 14 heavy (non-hydrogen) atoms. The highest BCUT2D eigenvalue weighted by molar-refractivity contribution is 5.11. The van der Waals surface area contributed by atoms with Gasteiger partial charge < -0.3 is 4.74 Å². The van der Waals surface area contributed by atoms with E-state index in [-0.39, 0.29) is 5.60 Å². The van der Waals surface area contributed by atoms with Crippen molar-refractivity contribution < 1.29 is 4.74 Å². The van der Waals surface area contributed by atoms with Gasteiger partial charge in [-0.1, -0.05) is 20.8 Å². The Balaban J connectivity index is 1.84. The van der Waals surface area contributed by atoms with E-state index in [2.05, 4.69) is 25.7 Å². The molecule has 1 aliphatic carbocycles. The molecule has 2 aliphatic heterocycles. The van der Waals surface area contributed by atoms with Crippen LogP contribution in [0.5, 0.6) is 0 Å². The summed E-state index contributed by atoms with van der Waals surface area (Å²) < 4.78 is 6.07. The van der Waals surface area contributed by atoms with Crippen LogP contribution < -0.4 is 0 Å². The van der Waals surface area contributed by atoms with E-state index in [1.807, 2.05) is 0 Å². The summed E-state index contributed by atoms with van der Waals surface area (Å²) in [4.78, 5) is 2.72. The van der Waals surface area contributed by atoms with Crippen LogP contribution in [0.4, 0.5) is 0 Å². The first kappa shape index (κ1) is 9.17. The molecular formula is C12H21NO. The molecule has 2 bridgehead atoms. The van der Waals surface area contributed by atoms with E-state index in [0.29, 0.717) is 5.41 Å². The number of nitrogens with zero attached hydrogens (tertiary/aromatic N) is 1. The number of rotatable bonds is 1. The molecule has 80 valence electrons. The first-order chi connectivity index (χ1) is 6.52. The van der Waals surface area contributed by atoms with E-state index in [4.69, 9.17) is 4.74 Å². The Bertz CT molecular complexity index is 254. The highest BCUT2D eigenvalue weighted by Crippen LogP contribution is 2.51. The van der Waals surface area contributed by atoms with Crippen LogP contribution in [-0.4, -0.2) is 35.7 Å². The predicted molar refractivity (Wildman–Crippen MR) is 56.3 cm³/mol. The van der Waals surface area contributed by atoms with Gasteiger partial charge in [0.25, 0.3) is 0 Å². The zero-order chi connectivity index (χ0) is 9.97. The highest BCUT2D eigenvalue weighted by atomic mass is 16.5. The highest BCUT2D eigenvalue weighted by Gasteiger charge is 2.58. The van der Waals surface area contributed by atoms with E-state index >= 15 is 0 Å². The van der Waals surface area contributed by atoms with Crippen molar-refractivity contribution in [2.45, 2.75) is 57.7 Å². The summed E-state index contributed by atoms with van der Waals surface area (Å²) in [6, 6.07) is 1.65. The summed E-state index contributed by atoms with van der Waals surface area (Å²) >= 11 is 0. The van der Waals surface area contributed by atoms with Crippen LogP contribution >= 0.6 is 0 Å². The average molecular weight is 195 g/mol. The molecular weight excluding hydrogens is 174 g/mol. The number of fused-ring (bicyclic) bond motifs is 2. The summed E-state index contributed by atoms with van der Waals surface area (Å²) in [5, 5.41) is 0. The quantitative estimate of drug-likeness (QED) is 0.635. The minimum Gasteiger partial charge on any atom is -0.371 e. The van der Waals surface area contributed by atoms with Gasteiger partial charge in [-0.3, -0.25) is 4.90 Å². The maximum absolute atomic E-state index is 6.07. The largest absolute Gasteiger partial charge is 0.371 e. The predicted octanol–water partition coefficient (Wildman–Crippen LogP) is 2.04. The lowest BCUT2D eigenvalue weighted by Gasteiger charge is -2.41. The fourth-order valence-electron chi connectivity index (χ4n) is 3.09. The van der Waals surface area contributed by atoms with Crippen LogP contribution in [0.25, 0.3) is 0 Å². The second kappa shape index (κ2) is 2.53. The number of likely N-dealkylation sites (tertiary alicyclic amines) is 1. The maximum atomic E-state index is 6.07. The third kappa shape index (κ3) is 1.10. The van der Waals surface area contributed by atoms with Gasteiger partial charge in [-0.05, 0) is 24.7 Å². The fraction of sp³-hybridized carbons (Fsp3) is 1.00. The van der Waals surface area contributed by atoms with E-state index in [9.17, 15) is 0 Å². The van der Waals surface area contributed by atoms with Crippen LogP contribution in [0.15, 0.2) is 0 Å². The molecule has 2 heterocycles. The molecule has 2 saturated heterocycles. The van der Waals surface area contributed by atoms with Gasteiger partial charge >= 0.3 is 0 Å². The number of hydrogen-bond acceptors (Lipinski definition) is 2. The number of hydrogen-bond donors (Lipinski definition) is 0.